The van der Waals surface area contributed by atoms with Gasteiger partial charge in [-0.15, -0.1) is 0 Å². The standard InChI is InChI=1S/C28H22N4O4/c1-18-23(26(36-31-18)20-9-3-2-4-10-20)17-35-22-12-7-11-21(16-22)27(33)32(29)28(34)25-15-14-19-8-5-6-13-24(19)30-25/h2-16H,17,29H2,1H3. The minimum atomic E-state index is -0.704. The number of imide groups is 1. The number of carbonyl (C=O) groups excluding carboxylic acids is 2. The molecule has 0 unspecified atom stereocenters. The second-order valence-corrected chi connectivity index (χ2v) is 8.13. The number of hydrogen-bond donors (Lipinski definition) is 1. The van der Waals surface area contributed by atoms with Gasteiger partial charge in [0.1, 0.15) is 18.1 Å². The van der Waals surface area contributed by atoms with Crippen molar-refractivity contribution >= 4 is 22.7 Å². The number of aryl methyl sites for hydroxylation is 1. The lowest BCUT2D eigenvalue weighted by molar-refractivity contribution is 0.0611. The molecule has 178 valence electrons. The summed E-state index contributed by atoms with van der Waals surface area (Å²) in [5.41, 5.74) is 3.32. The van der Waals surface area contributed by atoms with E-state index >= 15 is 0 Å². The topological polar surface area (TPSA) is 112 Å². The van der Waals surface area contributed by atoms with E-state index in [4.69, 9.17) is 15.1 Å². The van der Waals surface area contributed by atoms with E-state index < -0.39 is 11.8 Å². The number of benzene rings is 3. The van der Waals surface area contributed by atoms with Gasteiger partial charge in [-0.1, -0.05) is 65.8 Å². The average molecular weight is 479 g/mol. The fraction of sp³-hybridized carbons (Fsp3) is 0.0714. The van der Waals surface area contributed by atoms with Crippen molar-refractivity contribution in [3.05, 3.63) is 114 Å². The van der Waals surface area contributed by atoms with Gasteiger partial charge in [0.2, 0.25) is 0 Å². The molecule has 2 heterocycles. The average Bonchev–Trinajstić information content (AvgIpc) is 3.31. The van der Waals surface area contributed by atoms with Gasteiger partial charge in [0.05, 0.1) is 16.8 Å². The Labute approximate surface area is 206 Å². The monoisotopic (exact) mass is 478 g/mol. The molecule has 0 aliphatic heterocycles. The van der Waals surface area contributed by atoms with Crippen LogP contribution >= 0.6 is 0 Å². The van der Waals surface area contributed by atoms with Crippen molar-refractivity contribution < 1.29 is 18.8 Å². The predicted molar refractivity (Wildman–Crippen MR) is 134 cm³/mol. The van der Waals surface area contributed by atoms with E-state index in [1.54, 1.807) is 36.4 Å². The molecular weight excluding hydrogens is 456 g/mol. The molecule has 36 heavy (non-hydrogen) atoms. The molecule has 3 aromatic carbocycles. The number of pyridine rings is 1. The van der Waals surface area contributed by atoms with Gasteiger partial charge in [-0.2, -0.15) is 0 Å². The zero-order chi connectivity index (χ0) is 25.1. The molecule has 5 rings (SSSR count). The van der Waals surface area contributed by atoms with Crippen LogP contribution in [0.2, 0.25) is 0 Å². The number of nitrogens with two attached hydrogens (primary N) is 1. The van der Waals surface area contributed by atoms with Crippen molar-refractivity contribution in [3.8, 4) is 17.1 Å². The largest absolute Gasteiger partial charge is 0.489 e. The van der Waals surface area contributed by atoms with E-state index in [0.717, 1.165) is 16.5 Å². The van der Waals surface area contributed by atoms with Crippen LogP contribution in [0.25, 0.3) is 22.2 Å². The number of hydrogen-bond acceptors (Lipinski definition) is 7. The summed E-state index contributed by atoms with van der Waals surface area (Å²) in [6.45, 7) is 2.02. The molecule has 0 spiro atoms. The number of amides is 2. The van der Waals surface area contributed by atoms with Crippen LogP contribution in [0, 0.1) is 6.92 Å². The molecule has 0 saturated carbocycles. The Morgan fingerprint density at radius 1 is 0.917 bits per heavy atom. The molecule has 0 bridgehead atoms. The summed E-state index contributed by atoms with van der Waals surface area (Å²) in [5.74, 6) is 5.59. The summed E-state index contributed by atoms with van der Waals surface area (Å²) >= 11 is 0. The van der Waals surface area contributed by atoms with Crippen molar-refractivity contribution in [3.63, 3.8) is 0 Å². The third-order valence-corrected chi connectivity index (χ3v) is 5.74. The molecular formula is C28H22N4O4. The zero-order valence-corrected chi connectivity index (χ0v) is 19.4. The van der Waals surface area contributed by atoms with E-state index in [9.17, 15) is 9.59 Å². The molecule has 2 aromatic heterocycles. The summed E-state index contributed by atoms with van der Waals surface area (Å²) in [7, 11) is 0. The number of fused-ring (bicyclic) bond motifs is 1. The number of carbonyl (C=O) groups is 2. The lowest BCUT2D eigenvalue weighted by Gasteiger charge is -2.15. The van der Waals surface area contributed by atoms with E-state index in [1.807, 2.05) is 55.5 Å². The highest BCUT2D eigenvalue weighted by molar-refractivity contribution is 6.09. The van der Waals surface area contributed by atoms with Crippen LogP contribution in [0.4, 0.5) is 0 Å². The maximum Gasteiger partial charge on any atom is 0.293 e. The molecule has 8 heteroatoms. The summed E-state index contributed by atoms with van der Waals surface area (Å²) < 4.78 is 11.5. The van der Waals surface area contributed by atoms with Gasteiger partial charge in [-0.25, -0.2) is 15.8 Å². The van der Waals surface area contributed by atoms with E-state index in [0.29, 0.717) is 27.7 Å². The predicted octanol–water partition coefficient (Wildman–Crippen LogP) is 4.93. The minimum absolute atomic E-state index is 0.0772. The van der Waals surface area contributed by atoms with Crippen LogP contribution in [-0.4, -0.2) is 27.0 Å². The number of para-hydroxylation sites is 1. The highest BCUT2D eigenvalue weighted by atomic mass is 16.5. The van der Waals surface area contributed by atoms with Gasteiger partial charge in [0, 0.05) is 16.5 Å². The van der Waals surface area contributed by atoms with Gasteiger partial charge in [0.25, 0.3) is 11.8 Å². The Morgan fingerprint density at radius 3 is 2.53 bits per heavy atom. The number of nitrogens with zero attached hydrogens (tertiary/aromatic N) is 3. The maximum absolute atomic E-state index is 13.0. The Morgan fingerprint density at radius 2 is 1.69 bits per heavy atom. The third kappa shape index (κ3) is 4.57. The number of aromatic nitrogens is 2. The highest BCUT2D eigenvalue weighted by Crippen LogP contribution is 2.27. The molecule has 0 atom stereocenters. The molecule has 0 aliphatic carbocycles. The SMILES string of the molecule is Cc1noc(-c2ccccc2)c1COc1cccc(C(=O)N(N)C(=O)c2ccc3ccccc3n2)c1. The first-order valence-corrected chi connectivity index (χ1v) is 11.2. The fourth-order valence-corrected chi connectivity index (χ4v) is 3.79. The summed E-state index contributed by atoms with van der Waals surface area (Å²) in [5, 5.41) is 5.51. The maximum atomic E-state index is 13.0. The quantitative estimate of drug-likeness (QED) is 0.159. The lowest BCUT2D eigenvalue weighted by Crippen LogP contribution is -2.43. The zero-order valence-electron chi connectivity index (χ0n) is 19.4. The Kier molecular flexibility index (Phi) is 6.25. The summed E-state index contributed by atoms with van der Waals surface area (Å²) in [4.78, 5) is 30.1. The second kappa shape index (κ2) is 9.81. The highest BCUT2D eigenvalue weighted by Gasteiger charge is 2.23. The normalized spacial score (nSPS) is 10.8. The van der Waals surface area contributed by atoms with Crippen molar-refractivity contribution in [1.29, 1.82) is 0 Å². The van der Waals surface area contributed by atoms with Crippen LogP contribution < -0.4 is 10.6 Å². The van der Waals surface area contributed by atoms with Gasteiger partial charge >= 0.3 is 0 Å². The van der Waals surface area contributed by atoms with Crippen molar-refractivity contribution in [1.82, 2.24) is 15.1 Å². The van der Waals surface area contributed by atoms with Crippen LogP contribution in [0.3, 0.4) is 0 Å². The van der Waals surface area contributed by atoms with Crippen LogP contribution in [-0.2, 0) is 6.61 Å². The molecule has 5 aromatic rings. The fourth-order valence-electron chi connectivity index (χ4n) is 3.79. The second-order valence-electron chi connectivity index (χ2n) is 8.13. The van der Waals surface area contributed by atoms with Crippen LogP contribution in [0.1, 0.15) is 32.1 Å². The van der Waals surface area contributed by atoms with Gasteiger partial charge in [-0.3, -0.25) is 9.59 Å². The molecule has 0 radical (unpaired) electrons. The van der Waals surface area contributed by atoms with Crippen molar-refractivity contribution in [2.75, 3.05) is 0 Å². The van der Waals surface area contributed by atoms with Crippen molar-refractivity contribution in [2.24, 2.45) is 5.84 Å². The Balaban J connectivity index is 1.32. The first-order valence-electron chi connectivity index (χ1n) is 11.2. The minimum Gasteiger partial charge on any atom is -0.489 e. The number of ether oxygens (including phenoxy) is 1. The Hall–Kier alpha value is -4.82. The smallest absolute Gasteiger partial charge is 0.293 e. The van der Waals surface area contributed by atoms with Gasteiger partial charge in [-0.05, 0) is 37.3 Å². The molecule has 0 fully saturated rings. The third-order valence-electron chi connectivity index (χ3n) is 5.74. The van der Waals surface area contributed by atoms with Gasteiger partial charge in [0.15, 0.2) is 5.76 Å². The number of hydrazine groups is 1. The van der Waals surface area contributed by atoms with Crippen LogP contribution in [0.15, 0.2) is 95.5 Å². The summed E-state index contributed by atoms with van der Waals surface area (Å²) in [6, 6.07) is 26.8. The molecule has 8 nitrogen and oxygen atoms in total. The number of rotatable bonds is 6. The van der Waals surface area contributed by atoms with Gasteiger partial charge < -0.3 is 9.26 Å². The summed E-state index contributed by atoms with van der Waals surface area (Å²) in [6.07, 6.45) is 0. The first kappa shape index (κ1) is 22.9. The van der Waals surface area contributed by atoms with E-state index in [2.05, 4.69) is 10.1 Å². The van der Waals surface area contributed by atoms with E-state index in [1.165, 1.54) is 6.07 Å². The first-order chi connectivity index (χ1) is 17.5. The Bertz CT molecular complexity index is 1560. The molecule has 0 saturated heterocycles. The van der Waals surface area contributed by atoms with Crippen LogP contribution in [0.5, 0.6) is 5.75 Å². The lowest BCUT2D eigenvalue weighted by atomic mass is 10.1. The van der Waals surface area contributed by atoms with Crippen molar-refractivity contribution in [2.45, 2.75) is 13.5 Å². The van der Waals surface area contributed by atoms with E-state index in [-0.39, 0.29) is 17.9 Å². The molecule has 2 amide bonds. The molecule has 2 N–H and O–H groups in total. The molecule has 0 aliphatic rings.